The molecule has 0 aliphatic carbocycles. The molecule has 1 N–H and O–H groups in total. The first-order valence-corrected chi connectivity index (χ1v) is 12.0. The van der Waals surface area contributed by atoms with Crippen molar-refractivity contribution < 1.29 is 14.3 Å². The monoisotopic (exact) mass is 457 g/mol. The Bertz CT molecular complexity index is 1080. The van der Waals surface area contributed by atoms with Gasteiger partial charge in [-0.1, -0.05) is 0 Å². The van der Waals surface area contributed by atoms with Crippen molar-refractivity contribution in [3.8, 4) is 0 Å². The molecule has 8 nitrogen and oxygen atoms in total. The Kier molecular flexibility index (Phi) is 6.64. The maximum absolute atomic E-state index is 13.3. The lowest BCUT2D eigenvalue weighted by Crippen LogP contribution is -2.46. The van der Waals surface area contributed by atoms with Crippen LogP contribution in [0, 0.1) is 20.8 Å². The van der Waals surface area contributed by atoms with Crippen LogP contribution in [0.4, 0.5) is 5.82 Å². The lowest BCUT2D eigenvalue weighted by atomic mass is 10.1. The number of rotatable bonds is 2. The van der Waals surface area contributed by atoms with Crippen molar-refractivity contribution in [2.45, 2.75) is 47.0 Å². The molecule has 0 aromatic carbocycles. The van der Waals surface area contributed by atoms with Crippen LogP contribution in [-0.4, -0.2) is 66.0 Å². The quantitative estimate of drug-likeness (QED) is 0.746. The van der Waals surface area contributed by atoms with E-state index in [2.05, 4.69) is 29.0 Å². The average molecular weight is 458 g/mol. The van der Waals surface area contributed by atoms with Crippen LogP contribution in [0.25, 0.3) is 10.2 Å². The number of hydrogen-bond acceptors (Lipinski definition) is 7. The number of aromatic nitrogens is 2. The largest absolute Gasteiger partial charge is 0.498 e. The van der Waals surface area contributed by atoms with Crippen LogP contribution >= 0.6 is 11.3 Å². The van der Waals surface area contributed by atoms with Gasteiger partial charge in [0.25, 0.3) is 5.91 Å². The van der Waals surface area contributed by atoms with Crippen molar-refractivity contribution in [1.29, 1.82) is 0 Å². The number of aryl methyl sites for hydroxylation is 3. The number of fused-ring (bicyclic) bond motifs is 1. The van der Waals surface area contributed by atoms with Crippen molar-refractivity contribution in [2.24, 2.45) is 0 Å². The molecule has 2 amide bonds. The molecule has 0 spiro atoms. The van der Waals surface area contributed by atoms with Gasteiger partial charge in [0.15, 0.2) is 0 Å². The van der Waals surface area contributed by atoms with Crippen LogP contribution in [0.1, 0.15) is 42.5 Å². The Labute approximate surface area is 192 Å². The van der Waals surface area contributed by atoms with E-state index in [4.69, 9.17) is 9.72 Å². The predicted molar refractivity (Wildman–Crippen MR) is 126 cm³/mol. The number of amides is 2. The Morgan fingerprint density at radius 1 is 1.06 bits per heavy atom. The van der Waals surface area contributed by atoms with Gasteiger partial charge < -0.3 is 19.9 Å². The number of nitrogens with one attached hydrogen (secondary N) is 1. The van der Waals surface area contributed by atoms with E-state index in [9.17, 15) is 9.59 Å². The van der Waals surface area contributed by atoms with Gasteiger partial charge in [-0.2, -0.15) is 0 Å². The van der Waals surface area contributed by atoms with E-state index in [1.807, 2.05) is 13.8 Å². The smallest absolute Gasteiger partial charge is 0.253 e. The van der Waals surface area contributed by atoms with E-state index in [-0.39, 0.29) is 11.8 Å². The first-order valence-electron chi connectivity index (χ1n) is 11.2. The van der Waals surface area contributed by atoms with E-state index in [1.165, 1.54) is 10.4 Å². The summed E-state index contributed by atoms with van der Waals surface area (Å²) in [4.78, 5) is 41.3. The maximum atomic E-state index is 13.3. The van der Waals surface area contributed by atoms with Gasteiger partial charge in [0, 0.05) is 44.0 Å². The predicted octanol–water partition coefficient (Wildman–Crippen LogP) is 2.86. The molecule has 2 aromatic rings. The summed E-state index contributed by atoms with van der Waals surface area (Å²) in [5.74, 6) is 2.25. The number of ether oxygens (including phenoxy) is 1. The first kappa shape index (κ1) is 22.5. The van der Waals surface area contributed by atoms with Gasteiger partial charge >= 0.3 is 0 Å². The third-order valence-electron chi connectivity index (χ3n) is 6.23. The Hall–Kier alpha value is -2.68. The second-order valence-electron chi connectivity index (χ2n) is 8.42. The number of carbonyl (C=O) groups excluding carboxylic acids is 2. The van der Waals surface area contributed by atoms with Gasteiger partial charge in [-0.3, -0.25) is 9.59 Å². The number of allylic oxidation sites excluding steroid dienone is 1. The Balaban J connectivity index is 1.65. The van der Waals surface area contributed by atoms with Crippen molar-refractivity contribution in [2.75, 3.05) is 44.2 Å². The molecule has 4 heterocycles. The third kappa shape index (κ3) is 4.57. The van der Waals surface area contributed by atoms with Crippen LogP contribution in [0.5, 0.6) is 0 Å². The summed E-state index contributed by atoms with van der Waals surface area (Å²) < 4.78 is 5.62. The molecule has 32 heavy (non-hydrogen) atoms. The van der Waals surface area contributed by atoms with Crippen LogP contribution < -0.4 is 10.2 Å². The number of thiophene rings is 1. The second kappa shape index (κ2) is 9.44. The highest BCUT2D eigenvalue weighted by atomic mass is 32.1. The fourth-order valence-corrected chi connectivity index (χ4v) is 5.35. The number of carbonyl (C=O) groups is 2. The highest BCUT2D eigenvalue weighted by Gasteiger charge is 2.26. The minimum atomic E-state index is -0.0400. The summed E-state index contributed by atoms with van der Waals surface area (Å²) in [5.41, 5.74) is 1.92. The molecule has 2 aliphatic rings. The zero-order valence-electron chi connectivity index (χ0n) is 19.3. The van der Waals surface area contributed by atoms with E-state index in [0.717, 1.165) is 40.3 Å². The standard InChI is InChI=1S/C23H31N5O3S/c1-14-16(3)32-22-20(14)21(25-17(4)26-22)27-10-8-24-19(29)7-9-28(12-11-27)23(30)18-6-5-13-31-15(18)2/h5-13H2,1-4H3,(H,24,29). The summed E-state index contributed by atoms with van der Waals surface area (Å²) in [6.45, 7) is 11.3. The summed E-state index contributed by atoms with van der Waals surface area (Å²) >= 11 is 1.68. The molecule has 0 atom stereocenters. The molecule has 0 radical (unpaired) electrons. The SMILES string of the molecule is CC1=C(C(=O)N2CCC(=O)NCCN(c3nc(C)nc4sc(C)c(C)c34)CC2)CCCO1. The van der Waals surface area contributed by atoms with Crippen LogP contribution in [0.15, 0.2) is 11.3 Å². The molecule has 4 rings (SSSR count). The van der Waals surface area contributed by atoms with Gasteiger partial charge in [-0.05, 0) is 46.1 Å². The summed E-state index contributed by atoms with van der Waals surface area (Å²) in [6, 6.07) is 0. The molecular formula is C23H31N5O3S. The molecule has 9 heteroatoms. The van der Waals surface area contributed by atoms with Gasteiger partial charge in [0.05, 0.1) is 17.6 Å². The fraction of sp³-hybridized carbons (Fsp3) is 0.565. The summed E-state index contributed by atoms with van der Waals surface area (Å²) in [5, 5.41) is 4.05. The van der Waals surface area contributed by atoms with Crippen LogP contribution in [0.2, 0.25) is 0 Å². The Morgan fingerprint density at radius 3 is 2.66 bits per heavy atom. The highest BCUT2D eigenvalue weighted by Crippen LogP contribution is 2.35. The molecule has 172 valence electrons. The second-order valence-corrected chi connectivity index (χ2v) is 9.63. The van der Waals surface area contributed by atoms with Gasteiger partial charge in [-0.25, -0.2) is 9.97 Å². The fourth-order valence-electron chi connectivity index (χ4n) is 4.28. The Morgan fingerprint density at radius 2 is 1.88 bits per heavy atom. The lowest BCUT2D eigenvalue weighted by molar-refractivity contribution is -0.128. The molecule has 0 bridgehead atoms. The molecule has 2 aliphatic heterocycles. The van der Waals surface area contributed by atoms with Crippen molar-refractivity contribution in [1.82, 2.24) is 20.2 Å². The van der Waals surface area contributed by atoms with E-state index < -0.39 is 0 Å². The van der Waals surface area contributed by atoms with E-state index >= 15 is 0 Å². The van der Waals surface area contributed by atoms with E-state index in [0.29, 0.717) is 51.5 Å². The van der Waals surface area contributed by atoms with Gasteiger partial charge in [0.1, 0.15) is 22.2 Å². The van der Waals surface area contributed by atoms with Gasteiger partial charge in [0.2, 0.25) is 5.91 Å². The number of anilines is 1. The van der Waals surface area contributed by atoms with Crippen LogP contribution in [0.3, 0.4) is 0 Å². The number of nitrogens with zero attached hydrogens (tertiary/aromatic N) is 4. The lowest BCUT2D eigenvalue weighted by Gasteiger charge is -2.32. The highest BCUT2D eigenvalue weighted by molar-refractivity contribution is 7.18. The summed E-state index contributed by atoms with van der Waals surface area (Å²) in [7, 11) is 0. The third-order valence-corrected chi connectivity index (χ3v) is 7.33. The minimum Gasteiger partial charge on any atom is -0.498 e. The topological polar surface area (TPSA) is 87.7 Å². The molecular weight excluding hydrogens is 426 g/mol. The van der Waals surface area contributed by atoms with Crippen LogP contribution in [-0.2, 0) is 14.3 Å². The molecule has 2 aromatic heterocycles. The van der Waals surface area contributed by atoms with E-state index in [1.54, 1.807) is 16.2 Å². The molecule has 0 saturated carbocycles. The normalized spacial score (nSPS) is 18.6. The van der Waals surface area contributed by atoms with Gasteiger partial charge in [-0.15, -0.1) is 11.3 Å². The molecule has 1 saturated heterocycles. The van der Waals surface area contributed by atoms with Crippen molar-refractivity contribution in [3.05, 3.63) is 27.6 Å². The zero-order valence-corrected chi connectivity index (χ0v) is 20.1. The first-order chi connectivity index (χ1) is 15.3. The zero-order chi connectivity index (χ0) is 22.8. The minimum absolute atomic E-state index is 0.0258. The molecule has 1 fully saturated rings. The number of hydrogen-bond donors (Lipinski definition) is 1. The summed E-state index contributed by atoms with van der Waals surface area (Å²) in [6.07, 6.45) is 1.86. The molecule has 0 unspecified atom stereocenters. The van der Waals surface area contributed by atoms with Crippen molar-refractivity contribution >= 4 is 39.2 Å². The van der Waals surface area contributed by atoms with Crippen molar-refractivity contribution in [3.63, 3.8) is 0 Å². The maximum Gasteiger partial charge on any atom is 0.253 e. The average Bonchev–Trinajstić information content (AvgIpc) is 3.05.